The Morgan fingerprint density at radius 2 is 2.10 bits per heavy atom. The lowest BCUT2D eigenvalue weighted by atomic mass is 10.2. The lowest BCUT2D eigenvalue weighted by molar-refractivity contribution is 0.364. The highest BCUT2D eigenvalue weighted by Gasteiger charge is 2.14. The van der Waals surface area contributed by atoms with Gasteiger partial charge in [-0.15, -0.1) is 0 Å². The van der Waals surface area contributed by atoms with Crippen LogP contribution < -0.4 is 5.43 Å². The van der Waals surface area contributed by atoms with Gasteiger partial charge in [-0.3, -0.25) is 9.78 Å². The van der Waals surface area contributed by atoms with Crippen molar-refractivity contribution in [2.75, 3.05) is 14.1 Å². The maximum absolute atomic E-state index is 11.7. The molecule has 0 fully saturated rings. The van der Waals surface area contributed by atoms with E-state index in [1.165, 1.54) is 6.07 Å². The van der Waals surface area contributed by atoms with Crippen molar-refractivity contribution >= 4 is 0 Å². The molecular formula is C15H19N3O2. The topological polar surface area (TPSA) is 58.4 Å². The second kappa shape index (κ2) is 5.88. The maximum Gasteiger partial charge on any atom is 0.223 e. The highest BCUT2D eigenvalue weighted by molar-refractivity contribution is 5.30. The van der Waals surface area contributed by atoms with Gasteiger partial charge in [-0.25, -0.2) is 0 Å². The normalized spacial score (nSPS) is 11.0. The second-order valence-corrected chi connectivity index (χ2v) is 5.09. The minimum absolute atomic E-state index is 0.180. The number of aryl methyl sites for hydroxylation is 1. The van der Waals surface area contributed by atoms with Crippen molar-refractivity contribution in [3.8, 4) is 5.75 Å². The monoisotopic (exact) mass is 273 g/mol. The quantitative estimate of drug-likeness (QED) is 0.914. The van der Waals surface area contributed by atoms with Crippen molar-refractivity contribution in [1.29, 1.82) is 0 Å². The van der Waals surface area contributed by atoms with Gasteiger partial charge in [0, 0.05) is 24.5 Å². The van der Waals surface area contributed by atoms with Gasteiger partial charge in [-0.2, -0.15) is 0 Å². The first-order chi connectivity index (χ1) is 9.49. The second-order valence-electron chi connectivity index (χ2n) is 5.09. The van der Waals surface area contributed by atoms with Crippen molar-refractivity contribution in [2.24, 2.45) is 0 Å². The molecule has 0 aliphatic carbocycles. The first kappa shape index (κ1) is 14.3. The molecule has 2 heterocycles. The third kappa shape index (κ3) is 3.05. The van der Waals surface area contributed by atoms with E-state index in [9.17, 15) is 9.90 Å². The van der Waals surface area contributed by atoms with Crippen molar-refractivity contribution in [1.82, 2.24) is 14.5 Å². The predicted molar refractivity (Wildman–Crippen MR) is 77.8 cm³/mol. The van der Waals surface area contributed by atoms with Crippen molar-refractivity contribution in [3.63, 3.8) is 0 Å². The zero-order valence-electron chi connectivity index (χ0n) is 12.0. The van der Waals surface area contributed by atoms with Crippen molar-refractivity contribution in [3.05, 3.63) is 57.8 Å². The summed E-state index contributed by atoms with van der Waals surface area (Å²) < 4.78 is 1.93. The molecule has 2 aromatic heterocycles. The fraction of sp³-hybridized carbons (Fsp3) is 0.333. The zero-order chi connectivity index (χ0) is 14.7. The third-order valence-corrected chi connectivity index (χ3v) is 3.11. The van der Waals surface area contributed by atoms with Gasteiger partial charge in [-0.1, -0.05) is 6.07 Å². The van der Waals surface area contributed by atoms with Gasteiger partial charge in [0.2, 0.25) is 5.43 Å². The number of aromatic nitrogens is 2. The zero-order valence-corrected chi connectivity index (χ0v) is 12.0. The molecule has 5 heteroatoms. The molecule has 2 aromatic rings. The molecular weight excluding hydrogens is 254 g/mol. The highest BCUT2D eigenvalue weighted by atomic mass is 16.3. The van der Waals surface area contributed by atoms with Crippen LogP contribution in [0, 0.1) is 6.92 Å². The number of pyridine rings is 2. The number of hydrogen-bond acceptors (Lipinski definition) is 4. The summed E-state index contributed by atoms with van der Waals surface area (Å²) in [5.41, 5.74) is 1.98. The van der Waals surface area contributed by atoms with Crippen molar-refractivity contribution in [2.45, 2.75) is 20.0 Å². The first-order valence-corrected chi connectivity index (χ1v) is 6.46. The van der Waals surface area contributed by atoms with Gasteiger partial charge in [0.25, 0.3) is 0 Å². The van der Waals surface area contributed by atoms with E-state index in [0.717, 1.165) is 11.4 Å². The van der Waals surface area contributed by atoms with Crippen LogP contribution in [0.1, 0.15) is 17.1 Å². The molecule has 0 aromatic carbocycles. The summed E-state index contributed by atoms with van der Waals surface area (Å²) in [6.07, 6.45) is 1.73. The van der Waals surface area contributed by atoms with Crippen LogP contribution in [0.2, 0.25) is 0 Å². The van der Waals surface area contributed by atoms with E-state index in [4.69, 9.17) is 0 Å². The number of hydrogen-bond donors (Lipinski definition) is 1. The van der Waals surface area contributed by atoms with Crippen molar-refractivity contribution < 1.29 is 5.11 Å². The Balaban J connectivity index is 2.50. The molecule has 5 nitrogen and oxygen atoms in total. The molecule has 0 spiro atoms. The molecule has 0 aliphatic rings. The largest absolute Gasteiger partial charge is 0.503 e. The third-order valence-electron chi connectivity index (χ3n) is 3.11. The van der Waals surface area contributed by atoms with Gasteiger partial charge >= 0.3 is 0 Å². The number of aromatic hydroxyl groups is 1. The van der Waals surface area contributed by atoms with Crippen LogP contribution in [0.25, 0.3) is 0 Å². The molecule has 20 heavy (non-hydrogen) atoms. The van der Waals surface area contributed by atoms with E-state index in [-0.39, 0.29) is 11.2 Å². The van der Waals surface area contributed by atoms with Crippen LogP contribution in [0.5, 0.6) is 5.75 Å². The number of nitrogens with zero attached hydrogens (tertiary/aromatic N) is 3. The molecule has 106 valence electrons. The molecule has 0 saturated carbocycles. The first-order valence-electron chi connectivity index (χ1n) is 6.46. The fourth-order valence-electron chi connectivity index (χ4n) is 2.15. The van der Waals surface area contributed by atoms with Gasteiger partial charge < -0.3 is 14.6 Å². The lowest BCUT2D eigenvalue weighted by Gasteiger charge is -2.20. The standard InChI is InChI=1S/C15H19N3O2/c1-11-8-14(19)15(20)13(10-17(2)3)18(11)9-12-6-4-5-7-16-12/h4-8,20H,9-10H2,1-3H3. The molecule has 2 rings (SSSR count). The number of rotatable bonds is 4. The summed E-state index contributed by atoms with van der Waals surface area (Å²) in [6.45, 7) is 2.89. The summed E-state index contributed by atoms with van der Waals surface area (Å²) >= 11 is 0. The molecule has 1 N–H and O–H groups in total. The predicted octanol–water partition coefficient (Wildman–Crippen LogP) is 1.37. The van der Waals surface area contributed by atoms with E-state index in [0.29, 0.717) is 18.8 Å². The summed E-state index contributed by atoms with van der Waals surface area (Å²) in [5.74, 6) is -0.180. The Hall–Kier alpha value is -2.14. The highest BCUT2D eigenvalue weighted by Crippen LogP contribution is 2.17. The molecule has 0 saturated heterocycles. The minimum atomic E-state index is -0.336. The van der Waals surface area contributed by atoms with E-state index in [1.54, 1.807) is 6.20 Å². The Labute approximate surface area is 118 Å². The van der Waals surface area contributed by atoms with Crippen LogP contribution in [0.4, 0.5) is 0 Å². The van der Waals surface area contributed by atoms with Gasteiger partial charge in [0.15, 0.2) is 5.75 Å². The van der Waals surface area contributed by atoms with Crippen LogP contribution in [-0.4, -0.2) is 33.7 Å². The summed E-state index contributed by atoms with van der Waals surface area (Å²) in [6, 6.07) is 7.16. The maximum atomic E-state index is 11.7. The summed E-state index contributed by atoms with van der Waals surface area (Å²) in [7, 11) is 3.80. The Morgan fingerprint density at radius 3 is 2.70 bits per heavy atom. The Morgan fingerprint density at radius 1 is 1.35 bits per heavy atom. The molecule has 0 unspecified atom stereocenters. The molecule has 0 bridgehead atoms. The van der Waals surface area contributed by atoms with Crippen LogP contribution in [0.3, 0.4) is 0 Å². The minimum Gasteiger partial charge on any atom is -0.503 e. The van der Waals surface area contributed by atoms with E-state index in [2.05, 4.69) is 4.98 Å². The molecule has 0 amide bonds. The SMILES string of the molecule is Cc1cc(=O)c(O)c(CN(C)C)n1Cc1ccccn1. The van der Waals surface area contributed by atoms with Crippen LogP contribution in [-0.2, 0) is 13.1 Å². The lowest BCUT2D eigenvalue weighted by Crippen LogP contribution is -2.22. The summed E-state index contributed by atoms with van der Waals surface area (Å²) in [4.78, 5) is 18.0. The molecule has 0 aliphatic heterocycles. The van der Waals surface area contributed by atoms with E-state index >= 15 is 0 Å². The van der Waals surface area contributed by atoms with Gasteiger partial charge in [0.05, 0.1) is 17.9 Å². The average molecular weight is 273 g/mol. The van der Waals surface area contributed by atoms with Gasteiger partial charge in [0.1, 0.15) is 0 Å². The van der Waals surface area contributed by atoms with Crippen LogP contribution >= 0.6 is 0 Å². The molecule has 0 radical (unpaired) electrons. The average Bonchev–Trinajstić information content (AvgIpc) is 2.41. The molecule has 0 atom stereocenters. The summed E-state index contributed by atoms with van der Waals surface area (Å²) in [5, 5.41) is 10.0. The fourth-order valence-corrected chi connectivity index (χ4v) is 2.15. The van der Waals surface area contributed by atoms with E-state index < -0.39 is 0 Å². The Kier molecular flexibility index (Phi) is 4.20. The van der Waals surface area contributed by atoms with E-state index in [1.807, 2.05) is 48.7 Å². The smallest absolute Gasteiger partial charge is 0.223 e. The van der Waals surface area contributed by atoms with Crippen LogP contribution in [0.15, 0.2) is 35.3 Å². The van der Waals surface area contributed by atoms with Gasteiger partial charge in [-0.05, 0) is 33.2 Å². The Bertz CT molecular complexity index is 648.